The maximum Gasteiger partial charge on any atom is 0.100 e. The third kappa shape index (κ3) is 2.33. The number of nitrogens with zero attached hydrogens (tertiary/aromatic N) is 2. The summed E-state index contributed by atoms with van der Waals surface area (Å²) in [6.45, 7) is 6.17. The summed E-state index contributed by atoms with van der Waals surface area (Å²) in [6.07, 6.45) is 11.2. The van der Waals surface area contributed by atoms with Crippen molar-refractivity contribution in [3.8, 4) is 0 Å². The van der Waals surface area contributed by atoms with Gasteiger partial charge in [0.1, 0.15) is 6.04 Å². The highest BCUT2D eigenvalue weighted by atomic mass is 15.1. The van der Waals surface area contributed by atoms with Crippen molar-refractivity contribution >= 4 is 6.21 Å². The molecule has 0 aromatic rings. The maximum atomic E-state index is 4.52. The maximum absolute atomic E-state index is 4.52. The van der Waals surface area contributed by atoms with Crippen molar-refractivity contribution in [2.75, 3.05) is 13.1 Å². The highest BCUT2D eigenvalue weighted by Crippen LogP contribution is 2.33. The molecule has 110 valence electrons. The summed E-state index contributed by atoms with van der Waals surface area (Å²) < 4.78 is 0. The Hall–Kier alpha value is -1.81. The standard InChI is InChI=1S/C17H21N4/c1-10-3-12(4-11(2)20-10)13-5-14-7-19-17(14)16(6-13)21-15-8-18-9-15/h3-7,10,14-15,17,20-21H,8-9H2,1-2H3/q-1. The average Bonchev–Trinajstić information content (AvgIpc) is 2.34. The molecule has 0 saturated carbocycles. The number of fused-ring (bicyclic) bond motifs is 1. The zero-order valence-corrected chi connectivity index (χ0v) is 12.5. The van der Waals surface area contributed by atoms with E-state index in [1.165, 1.54) is 22.5 Å². The van der Waals surface area contributed by atoms with Crippen LogP contribution in [0, 0.1) is 5.92 Å². The molecule has 0 aromatic carbocycles. The van der Waals surface area contributed by atoms with Crippen molar-refractivity contribution in [3.05, 3.63) is 52.2 Å². The molecule has 21 heavy (non-hydrogen) atoms. The summed E-state index contributed by atoms with van der Waals surface area (Å²) in [5.74, 6) is 0.448. The van der Waals surface area contributed by atoms with E-state index in [0.717, 1.165) is 13.1 Å². The van der Waals surface area contributed by atoms with Crippen LogP contribution in [0.4, 0.5) is 0 Å². The lowest BCUT2D eigenvalue weighted by Gasteiger charge is -2.45. The summed E-state index contributed by atoms with van der Waals surface area (Å²) in [6, 6.07) is 1.19. The van der Waals surface area contributed by atoms with Crippen LogP contribution < -0.4 is 10.6 Å². The second-order valence-corrected chi connectivity index (χ2v) is 6.35. The molecule has 2 N–H and O–H groups in total. The van der Waals surface area contributed by atoms with Crippen LogP contribution >= 0.6 is 0 Å². The van der Waals surface area contributed by atoms with Gasteiger partial charge in [-0.2, -0.15) is 0 Å². The number of dihydropyridines is 1. The van der Waals surface area contributed by atoms with Gasteiger partial charge in [0.25, 0.3) is 0 Å². The Bertz CT molecular complexity index is 604. The molecule has 0 aromatic heterocycles. The first-order chi connectivity index (χ1) is 10.2. The smallest absolute Gasteiger partial charge is 0.100 e. The lowest BCUT2D eigenvalue weighted by Crippen LogP contribution is -2.47. The third-order valence-electron chi connectivity index (χ3n) is 4.45. The number of hydrogen-bond donors (Lipinski definition) is 2. The highest BCUT2D eigenvalue weighted by Gasteiger charge is 2.32. The predicted octanol–water partition coefficient (Wildman–Crippen LogP) is 2.05. The number of hydrogen-bond acceptors (Lipinski definition) is 3. The van der Waals surface area contributed by atoms with E-state index in [9.17, 15) is 0 Å². The minimum Gasteiger partial charge on any atom is -0.659 e. The number of aliphatic imine (C=N–C) groups is 1. The van der Waals surface area contributed by atoms with Crippen LogP contribution in [0.3, 0.4) is 0 Å². The van der Waals surface area contributed by atoms with E-state index in [0.29, 0.717) is 24.0 Å². The second-order valence-electron chi connectivity index (χ2n) is 6.35. The fourth-order valence-corrected chi connectivity index (χ4v) is 3.27. The van der Waals surface area contributed by atoms with E-state index in [-0.39, 0.29) is 0 Å². The van der Waals surface area contributed by atoms with Crippen LogP contribution in [0.15, 0.2) is 51.8 Å². The molecule has 3 unspecified atom stereocenters. The first kappa shape index (κ1) is 12.9. The first-order valence-corrected chi connectivity index (χ1v) is 7.72. The van der Waals surface area contributed by atoms with Crippen LogP contribution in [-0.2, 0) is 0 Å². The first-order valence-electron chi connectivity index (χ1n) is 7.72. The molecule has 4 heteroatoms. The monoisotopic (exact) mass is 281 g/mol. The molecule has 1 saturated heterocycles. The fraction of sp³-hybridized carbons (Fsp3) is 0.471. The molecule has 0 amide bonds. The molecule has 0 radical (unpaired) electrons. The average molecular weight is 281 g/mol. The largest absolute Gasteiger partial charge is 0.659 e. The van der Waals surface area contributed by atoms with E-state index in [2.05, 4.69) is 65.3 Å². The summed E-state index contributed by atoms with van der Waals surface area (Å²) >= 11 is 0. The number of rotatable bonds is 3. The van der Waals surface area contributed by atoms with Gasteiger partial charge in [0.05, 0.1) is 0 Å². The molecule has 1 fully saturated rings. The summed E-state index contributed by atoms with van der Waals surface area (Å²) in [5.41, 5.74) is 5.12. The van der Waals surface area contributed by atoms with E-state index in [1.54, 1.807) is 0 Å². The molecule has 0 spiro atoms. The van der Waals surface area contributed by atoms with Gasteiger partial charge in [0.2, 0.25) is 0 Å². The van der Waals surface area contributed by atoms with E-state index >= 15 is 0 Å². The van der Waals surface area contributed by atoms with Gasteiger partial charge in [-0.3, -0.25) is 4.99 Å². The van der Waals surface area contributed by atoms with Crippen molar-refractivity contribution in [2.45, 2.75) is 32.0 Å². The van der Waals surface area contributed by atoms with Crippen molar-refractivity contribution < 1.29 is 0 Å². The number of allylic oxidation sites excluding steroid dienone is 5. The van der Waals surface area contributed by atoms with Crippen LogP contribution in [0.25, 0.3) is 5.32 Å². The normalized spacial score (nSPS) is 34.3. The van der Waals surface area contributed by atoms with Crippen molar-refractivity contribution in [1.82, 2.24) is 10.6 Å². The van der Waals surface area contributed by atoms with Crippen LogP contribution in [0.2, 0.25) is 0 Å². The topological polar surface area (TPSA) is 50.5 Å². The fourth-order valence-electron chi connectivity index (χ4n) is 3.27. The van der Waals surface area contributed by atoms with Gasteiger partial charge in [-0.05, 0) is 43.2 Å². The van der Waals surface area contributed by atoms with Gasteiger partial charge in [0, 0.05) is 29.6 Å². The van der Waals surface area contributed by atoms with E-state index in [4.69, 9.17) is 0 Å². The van der Waals surface area contributed by atoms with Crippen LogP contribution in [-0.4, -0.2) is 37.4 Å². The Morgan fingerprint density at radius 1 is 1.24 bits per heavy atom. The van der Waals surface area contributed by atoms with Crippen LogP contribution in [0.1, 0.15) is 13.8 Å². The molecule has 0 bridgehead atoms. The molecule has 4 aliphatic rings. The van der Waals surface area contributed by atoms with Crippen molar-refractivity contribution in [1.29, 1.82) is 0 Å². The summed E-state index contributed by atoms with van der Waals surface area (Å²) in [5, 5.41) is 11.3. The zero-order chi connectivity index (χ0) is 14.4. The molecule has 3 aliphatic heterocycles. The van der Waals surface area contributed by atoms with Gasteiger partial charge in [-0.25, -0.2) is 0 Å². The molecule has 3 atom stereocenters. The van der Waals surface area contributed by atoms with Gasteiger partial charge in [-0.1, -0.05) is 12.2 Å². The van der Waals surface area contributed by atoms with E-state index < -0.39 is 0 Å². The molecular formula is C17H21N4-. The minimum absolute atomic E-state index is 0.305. The quantitative estimate of drug-likeness (QED) is 0.832. The van der Waals surface area contributed by atoms with E-state index in [1.807, 2.05) is 0 Å². The van der Waals surface area contributed by atoms with Gasteiger partial charge < -0.3 is 16.0 Å². The third-order valence-corrected chi connectivity index (χ3v) is 4.45. The predicted molar refractivity (Wildman–Crippen MR) is 86.4 cm³/mol. The van der Waals surface area contributed by atoms with Gasteiger partial charge in [0.15, 0.2) is 0 Å². The molecule has 3 heterocycles. The zero-order valence-electron chi connectivity index (χ0n) is 12.5. The van der Waals surface area contributed by atoms with Crippen molar-refractivity contribution in [2.24, 2.45) is 10.9 Å². The Morgan fingerprint density at radius 2 is 2.05 bits per heavy atom. The molecule has 4 rings (SSSR count). The second kappa shape index (κ2) is 4.88. The lowest BCUT2D eigenvalue weighted by molar-refractivity contribution is 0.492. The van der Waals surface area contributed by atoms with Gasteiger partial charge in [-0.15, -0.1) is 13.1 Å². The molecular weight excluding hydrogens is 260 g/mol. The lowest BCUT2D eigenvalue weighted by atomic mass is 9.82. The number of nitrogens with one attached hydrogen (secondary N) is 2. The summed E-state index contributed by atoms with van der Waals surface area (Å²) in [4.78, 5) is 4.52. The van der Waals surface area contributed by atoms with Gasteiger partial charge >= 0.3 is 0 Å². The Kier molecular flexibility index (Phi) is 3.00. The van der Waals surface area contributed by atoms with Crippen LogP contribution in [0.5, 0.6) is 0 Å². The Morgan fingerprint density at radius 3 is 2.67 bits per heavy atom. The Labute approximate surface area is 125 Å². The minimum atomic E-state index is 0.305. The molecule has 1 aliphatic carbocycles. The SMILES string of the molecule is CC1=CC(C2=CC3C=NC3C(NC3C[N-]C3)=C2)=CC(C)N1. The summed E-state index contributed by atoms with van der Waals surface area (Å²) in [7, 11) is 0. The van der Waals surface area contributed by atoms with Crippen molar-refractivity contribution in [3.63, 3.8) is 0 Å². The highest BCUT2D eigenvalue weighted by molar-refractivity contribution is 5.75. The Balaban J connectivity index is 1.62. The molecule has 4 nitrogen and oxygen atoms in total.